The van der Waals surface area contributed by atoms with E-state index in [1.54, 1.807) is 13.0 Å². The SMILES string of the molecule is C=C[C@@](C)(CC[C@H]1C(C)=CC[C@H]2C(C)(C)CCC[C@]12C)O[C@H]1O[C@@H](C)[C@@H](O)[C@@H](O)[C@@H]1O. The van der Waals surface area contributed by atoms with E-state index in [4.69, 9.17) is 9.47 Å². The molecule has 5 heteroatoms. The monoisotopic (exact) mass is 436 g/mol. The molecular formula is C26H44O5. The largest absolute Gasteiger partial charge is 0.388 e. The van der Waals surface area contributed by atoms with Gasteiger partial charge in [0.05, 0.1) is 11.7 Å². The number of fused-ring (bicyclic) bond motifs is 1. The minimum atomic E-state index is -1.30. The summed E-state index contributed by atoms with van der Waals surface area (Å²) in [5.41, 5.74) is 1.40. The summed E-state index contributed by atoms with van der Waals surface area (Å²) in [6.07, 6.45) is 5.58. The van der Waals surface area contributed by atoms with Crippen LogP contribution < -0.4 is 0 Å². The fraction of sp³-hybridized carbons (Fsp3) is 0.846. The number of hydrogen-bond acceptors (Lipinski definition) is 5. The highest BCUT2D eigenvalue weighted by Gasteiger charge is 2.52. The lowest BCUT2D eigenvalue weighted by Gasteiger charge is -2.57. The van der Waals surface area contributed by atoms with Crippen LogP contribution in [0.25, 0.3) is 0 Å². The molecule has 1 saturated heterocycles. The van der Waals surface area contributed by atoms with Crippen LogP contribution in [0.5, 0.6) is 0 Å². The van der Waals surface area contributed by atoms with Crippen LogP contribution in [0.1, 0.15) is 80.1 Å². The van der Waals surface area contributed by atoms with Crippen LogP contribution in [0.2, 0.25) is 0 Å². The minimum absolute atomic E-state index is 0.276. The molecule has 178 valence electrons. The van der Waals surface area contributed by atoms with Gasteiger partial charge in [-0.1, -0.05) is 44.9 Å². The summed E-state index contributed by atoms with van der Waals surface area (Å²) in [7, 11) is 0. The molecule has 1 saturated carbocycles. The maximum Gasteiger partial charge on any atom is 0.187 e. The molecule has 3 N–H and O–H groups in total. The summed E-state index contributed by atoms with van der Waals surface area (Å²) in [6, 6.07) is 0. The van der Waals surface area contributed by atoms with Crippen molar-refractivity contribution in [3.05, 3.63) is 24.3 Å². The summed E-state index contributed by atoms with van der Waals surface area (Å²) >= 11 is 0. The molecule has 2 fully saturated rings. The molecule has 0 aromatic carbocycles. The normalized spacial score (nSPS) is 44.7. The Morgan fingerprint density at radius 2 is 1.87 bits per heavy atom. The Labute approximate surface area is 188 Å². The Kier molecular flexibility index (Phi) is 7.16. The predicted molar refractivity (Wildman–Crippen MR) is 122 cm³/mol. The van der Waals surface area contributed by atoms with Gasteiger partial charge in [-0.05, 0) is 75.5 Å². The Bertz CT molecular complexity index is 687. The number of rotatable bonds is 6. The molecule has 3 aliphatic rings. The smallest absolute Gasteiger partial charge is 0.187 e. The molecule has 0 aromatic rings. The van der Waals surface area contributed by atoms with Gasteiger partial charge in [0, 0.05) is 0 Å². The van der Waals surface area contributed by atoms with Crippen molar-refractivity contribution in [3.8, 4) is 0 Å². The van der Waals surface area contributed by atoms with Gasteiger partial charge in [0.15, 0.2) is 6.29 Å². The summed E-state index contributed by atoms with van der Waals surface area (Å²) in [6.45, 7) is 17.2. The number of aliphatic hydroxyl groups is 3. The van der Waals surface area contributed by atoms with Crippen molar-refractivity contribution in [2.24, 2.45) is 22.7 Å². The summed E-state index contributed by atoms with van der Waals surface area (Å²) in [5, 5.41) is 30.5. The van der Waals surface area contributed by atoms with Crippen molar-refractivity contribution in [1.29, 1.82) is 0 Å². The second kappa shape index (κ2) is 8.90. The number of allylic oxidation sites excluding steroid dienone is 2. The van der Waals surface area contributed by atoms with Crippen molar-refractivity contribution in [2.75, 3.05) is 0 Å². The summed E-state index contributed by atoms with van der Waals surface area (Å²) < 4.78 is 11.9. The summed E-state index contributed by atoms with van der Waals surface area (Å²) in [5.74, 6) is 1.16. The van der Waals surface area contributed by atoms with E-state index >= 15 is 0 Å². The molecule has 0 radical (unpaired) electrons. The lowest BCUT2D eigenvalue weighted by Crippen LogP contribution is -2.58. The number of aliphatic hydroxyl groups excluding tert-OH is 3. The van der Waals surface area contributed by atoms with Gasteiger partial charge in [-0.15, -0.1) is 6.58 Å². The third-order valence-electron chi connectivity index (χ3n) is 8.85. The van der Waals surface area contributed by atoms with E-state index in [0.717, 1.165) is 12.8 Å². The van der Waals surface area contributed by atoms with Gasteiger partial charge < -0.3 is 24.8 Å². The molecule has 0 bridgehead atoms. The first kappa shape index (κ1) is 24.9. The van der Waals surface area contributed by atoms with Crippen molar-refractivity contribution in [2.45, 2.75) is 116 Å². The summed E-state index contributed by atoms with van der Waals surface area (Å²) in [4.78, 5) is 0. The van der Waals surface area contributed by atoms with E-state index in [9.17, 15) is 15.3 Å². The first-order valence-electron chi connectivity index (χ1n) is 12.0. The number of ether oxygens (including phenoxy) is 2. The van der Waals surface area contributed by atoms with Crippen LogP contribution in [-0.2, 0) is 9.47 Å². The molecule has 9 atom stereocenters. The van der Waals surface area contributed by atoms with E-state index in [-0.39, 0.29) is 5.41 Å². The molecule has 31 heavy (non-hydrogen) atoms. The first-order chi connectivity index (χ1) is 14.3. The highest BCUT2D eigenvalue weighted by Crippen LogP contribution is 2.60. The zero-order valence-corrected chi connectivity index (χ0v) is 20.3. The van der Waals surface area contributed by atoms with Crippen molar-refractivity contribution >= 4 is 0 Å². The highest BCUT2D eigenvalue weighted by atomic mass is 16.7. The Morgan fingerprint density at radius 1 is 1.19 bits per heavy atom. The topological polar surface area (TPSA) is 79.2 Å². The lowest BCUT2D eigenvalue weighted by atomic mass is 9.48. The standard InChI is InChI=1S/C26H44O5/c1-8-25(6,31-23-22(29)21(28)20(27)17(3)30-23)15-12-18-16(2)10-11-19-24(4,5)13-9-14-26(18,19)7/h8,10,17-23,27-29H,1,9,11-15H2,2-7H3/t17-,18-,19-,20+,21+,22-,23+,25-,26+/m0/s1. The number of hydrogen-bond donors (Lipinski definition) is 3. The third-order valence-corrected chi connectivity index (χ3v) is 8.85. The molecule has 0 spiro atoms. The quantitative estimate of drug-likeness (QED) is 0.539. The van der Waals surface area contributed by atoms with E-state index in [1.165, 1.54) is 31.3 Å². The maximum atomic E-state index is 10.4. The molecule has 5 nitrogen and oxygen atoms in total. The second-order valence-corrected chi connectivity index (χ2v) is 11.5. The zero-order valence-electron chi connectivity index (χ0n) is 20.3. The molecule has 2 aliphatic carbocycles. The average molecular weight is 437 g/mol. The fourth-order valence-electron chi connectivity index (χ4n) is 6.71. The average Bonchev–Trinajstić information content (AvgIpc) is 2.69. The minimum Gasteiger partial charge on any atom is -0.388 e. The van der Waals surface area contributed by atoms with Gasteiger partial charge in [0.2, 0.25) is 0 Å². The van der Waals surface area contributed by atoms with Crippen molar-refractivity contribution in [1.82, 2.24) is 0 Å². The molecule has 1 heterocycles. The molecule has 1 aliphatic heterocycles. The van der Waals surface area contributed by atoms with E-state index in [2.05, 4.69) is 40.3 Å². The van der Waals surface area contributed by atoms with Crippen LogP contribution in [0.3, 0.4) is 0 Å². The molecule has 0 aromatic heterocycles. The second-order valence-electron chi connectivity index (χ2n) is 11.5. The van der Waals surface area contributed by atoms with E-state index in [0.29, 0.717) is 17.3 Å². The van der Waals surface area contributed by atoms with Crippen LogP contribution in [0.4, 0.5) is 0 Å². The maximum absolute atomic E-state index is 10.4. The fourth-order valence-corrected chi connectivity index (χ4v) is 6.71. The van der Waals surface area contributed by atoms with Crippen molar-refractivity contribution < 1.29 is 24.8 Å². The van der Waals surface area contributed by atoms with Crippen LogP contribution in [0, 0.1) is 22.7 Å². The van der Waals surface area contributed by atoms with Gasteiger partial charge in [0.1, 0.15) is 18.3 Å². The van der Waals surface area contributed by atoms with Gasteiger partial charge in [-0.3, -0.25) is 0 Å². The Balaban J connectivity index is 1.74. The van der Waals surface area contributed by atoms with Gasteiger partial charge in [0.25, 0.3) is 0 Å². The lowest BCUT2D eigenvalue weighted by molar-refractivity contribution is -0.313. The first-order valence-corrected chi connectivity index (χ1v) is 12.0. The Hall–Kier alpha value is -0.720. The zero-order chi connectivity index (χ0) is 23.2. The van der Waals surface area contributed by atoms with Gasteiger partial charge in [-0.2, -0.15) is 0 Å². The van der Waals surface area contributed by atoms with Crippen LogP contribution in [-0.4, -0.2) is 51.6 Å². The van der Waals surface area contributed by atoms with Crippen molar-refractivity contribution in [3.63, 3.8) is 0 Å². The van der Waals surface area contributed by atoms with E-state index in [1.807, 2.05) is 6.92 Å². The molecular weight excluding hydrogens is 392 g/mol. The molecule has 3 rings (SSSR count). The highest BCUT2D eigenvalue weighted by molar-refractivity contribution is 5.18. The predicted octanol–water partition coefficient (Wildman–Crippen LogP) is 4.35. The van der Waals surface area contributed by atoms with Gasteiger partial charge >= 0.3 is 0 Å². The van der Waals surface area contributed by atoms with Crippen LogP contribution in [0.15, 0.2) is 24.3 Å². The molecule has 0 unspecified atom stereocenters. The van der Waals surface area contributed by atoms with E-state index < -0.39 is 36.3 Å². The third kappa shape index (κ3) is 4.67. The van der Waals surface area contributed by atoms with Gasteiger partial charge in [-0.25, -0.2) is 0 Å². The molecule has 0 amide bonds. The van der Waals surface area contributed by atoms with Crippen LogP contribution >= 0.6 is 0 Å². The Morgan fingerprint density at radius 3 is 2.52 bits per heavy atom.